The zero-order valence-corrected chi connectivity index (χ0v) is 19.9. The van der Waals surface area contributed by atoms with Crippen molar-refractivity contribution in [2.75, 3.05) is 13.1 Å². The van der Waals surface area contributed by atoms with E-state index in [0.29, 0.717) is 17.3 Å². The number of thiazole rings is 1. The van der Waals surface area contributed by atoms with Crippen molar-refractivity contribution in [1.82, 2.24) is 25.0 Å². The number of fused-ring (bicyclic) bond motifs is 1. The van der Waals surface area contributed by atoms with Gasteiger partial charge in [0, 0.05) is 50.1 Å². The number of aromatic nitrogens is 3. The summed E-state index contributed by atoms with van der Waals surface area (Å²) >= 11 is 1.45. The molecule has 182 valence electrons. The lowest BCUT2D eigenvalue weighted by molar-refractivity contribution is -0.134. The van der Waals surface area contributed by atoms with Crippen LogP contribution >= 0.6 is 11.3 Å². The molecule has 0 atom stereocenters. The molecular formula is C23H32F3N5OS. The minimum Gasteiger partial charge on any atom is -0.353 e. The molecule has 2 aromatic heterocycles. The molecule has 0 aromatic carbocycles. The molecule has 0 spiro atoms. The fourth-order valence-electron chi connectivity index (χ4n) is 4.84. The molecule has 0 unspecified atom stereocenters. The SMILES string of the molecule is Cn1cc(CC(=O)NC2CCC(CCN3CCc4sc(CCC(F)(F)F)nc4C3)CC2)cn1. The third-order valence-corrected chi connectivity index (χ3v) is 7.88. The Kier molecular flexibility index (Phi) is 7.73. The molecule has 1 amide bonds. The number of rotatable bonds is 8. The van der Waals surface area contributed by atoms with E-state index >= 15 is 0 Å². The second-order valence-corrected chi connectivity index (χ2v) is 10.6. The number of halogens is 3. The van der Waals surface area contributed by atoms with Gasteiger partial charge < -0.3 is 5.32 Å². The number of alkyl halides is 3. The molecule has 2 aromatic rings. The number of amides is 1. The topological polar surface area (TPSA) is 63.1 Å². The van der Waals surface area contributed by atoms with E-state index in [4.69, 9.17) is 0 Å². The number of carbonyl (C=O) groups excluding carboxylic acids is 1. The van der Waals surface area contributed by atoms with Gasteiger partial charge >= 0.3 is 6.18 Å². The predicted octanol–water partition coefficient (Wildman–Crippen LogP) is 4.04. The van der Waals surface area contributed by atoms with Gasteiger partial charge in [0.2, 0.25) is 5.91 Å². The zero-order chi connectivity index (χ0) is 23.4. The van der Waals surface area contributed by atoms with Gasteiger partial charge in [-0.25, -0.2) is 4.98 Å². The van der Waals surface area contributed by atoms with Crippen LogP contribution in [0.2, 0.25) is 0 Å². The fourth-order valence-corrected chi connectivity index (χ4v) is 5.91. The number of hydrogen-bond acceptors (Lipinski definition) is 5. The lowest BCUT2D eigenvalue weighted by Crippen LogP contribution is -2.39. The average molecular weight is 484 g/mol. The first-order valence-electron chi connectivity index (χ1n) is 11.8. The Labute approximate surface area is 196 Å². The van der Waals surface area contributed by atoms with Gasteiger partial charge in [-0.2, -0.15) is 18.3 Å². The normalized spacial score (nSPS) is 21.7. The van der Waals surface area contributed by atoms with Gasteiger partial charge in [0.25, 0.3) is 0 Å². The van der Waals surface area contributed by atoms with Gasteiger partial charge in [-0.3, -0.25) is 14.4 Å². The molecule has 0 radical (unpaired) electrons. The minimum atomic E-state index is -4.13. The smallest absolute Gasteiger partial charge is 0.353 e. The zero-order valence-electron chi connectivity index (χ0n) is 19.0. The van der Waals surface area contributed by atoms with Crippen molar-refractivity contribution >= 4 is 17.2 Å². The van der Waals surface area contributed by atoms with Crippen LogP contribution in [0, 0.1) is 5.92 Å². The molecule has 6 nitrogen and oxygen atoms in total. The van der Waals surface area contributed by atoms with Crippen LogP contribution < -0.4 is 5.32 Å². The summed E-state index contributed by atoms with van der Waals surface area (Å²) in [5, 5.41) is 7.89. The van der Waals surface area contributed by atoms with Crippen LogP contribution in [-0.4, -0.2) is 50.9 Å². The van der Waals surface area contributed by atoms with Crippen LogP contribution in [0.15, 0.2) is 12.4 Å². The first-order valence-corrected chi connectivity index (χ1v) is 12.6. The standard InChI is InChI=1S/C23H32F3N5OS/c1-30-14-17(13-27-30)12-21(32)28-18-4-2-16(3-5-18)7-10-31-11-8-20-19(15-31)29-22(33-20)6-9-23(24,25)26/h13-14,16,18H,2-12,15H2,1H3,(H,28,32). The van der Waals surface area contributed by atoms with Crippen LogP contribution in [0.4, 0.5) is 13.2 Å². The van der Waals surface area contributed by atoms with E-state index in [1.54, 1.807) is 10.9 Å². The fraction of sp³-hybridized carbons (Fsp3) is 0.696. The molecule has 10 heteroatoms. The van der Waals surface area contributed by atoms with Crippen LogP contribution in [0.25, 0.3) is 0 Å². The van der Waals surface area contributed by atoms with Gasteiger partial charge in [-0.05, 0) is 56.6 Å². The van der Waals surface area contributed by atoms with E-state index in [-0.39, 0.29) is 18.4 Å². The summed E-state index contributed by atoms with van der Waals surface area (Å²) in [7, 11) is 1.85. The lowest BCUT2D eigenvalue weighted by atomic mass is 9.84. The van der Waals surface area contributed by atoms with Crippen molar-refractivity contribution in [3.63, 3.8) is 0 Å². The van der Waals surface area contributed by atoms with Crippen LogP contribution in [-0.2, 0) is 37.6 Å². The highest BCUT2D eigenvalue weighted by atomic mass is 32.1. The van der Waals surface area contributed by atoms with Crippen molar-refractivity contribution < 1.29 is 18.0 Å². The number of nitrogens with zero attached hydrogens (tertiary/aromatic N) is 4. The molecule has 1 aliphatic heterocycles. The van der Waals surface area contributed by atoms with E-state index < -0.39 is 12.6 Å². The maximum atomic E-state index is 12.5. The first-order chi connectivity index (χ1) is 15.7. The first kappa shape index (κ1) is 24.2. The summed E-state index contributed by atoms with van der Waals surface area (Å²) < 4.78 is 39.2. The molecular weight excluding hydrogens is 451 g/mol. The average Bonchev–Trinajstić information content (AvgIpc) is 3.36. The van der Waals surface area contributed by atoms with E-state index in [1.807, 2.05) is 13.2 Å². The second kappa shape index (κ2) is 10.5. The summed E-state index contributed by atoms with van der Waals surface area (Å²) in [5.41, 5.74) is 1.91. The maximum Gasteiger partial charge on any atom is 0.389 e. The molecule has 1 fully saturated rings. The van der Waals surface area contributed by atoms with Crippen molar-refractivity contribution in [2.24, 2.45) is 13.0 Å². The number of carbonyl (C=O) groups is 1. The Morgan fingerprint density at radius 2 is 2.06 bits per heavy atom. The van der Waals surface area contributed by atoms with Gasteiger partial charge in [0.1, 0.15) is 0 Å². The molecule has 33 heavy (non-hydrogen) atoms. The second-order valence-electron chi connectivity index (χ2n) is 9.39. The molecule has 1 N–H and O–H groups in total. The molecule has 1 aliphatic carbocycles. The third-order valence-electron chi connectivity index (χ3n) is 6.66. The largest absolute Gasteiger partial charge is 0.389 e. The number of nitrogens with one attached hydrogen (secondary N) is 1. The molecule has 2 aliphatic rings. The predicted molar refractivity (Wildman–Crippen MR) is 121 cm³/mol. The highest BCUT2D eigenvalue weighted by molar-refractivity contribution is 7.11. The van der Waals surface area contributed by atoms with Gasteiger partial charge in [-0.1, -0.05) is 0 Å². The van der Waals surface area contributed by atoms with Gasteiger partial charge in [-0.15, -0.1) is 11.3 Å². The molecule has 1 saturated carbocycles. The Bertz CT molecular complexity index is 933. The number of hydrogen-bond donors (Lipinski definition) is 1. The number of aryl methyl sites for hydroxylation is 2. The summed E-state index contributed by atoms with van der Waals surface area (Å²) in [6.07, 6.45) is 5.32. The lowest BCUT2D eigenvalue weighted by Gasteiger charge is -2.32. The molecule has 0 bridgehead atoms. The maximum absolute atomic E-state index is 12.5. The van der Waals surface area contributed by atoms with Gasteiger partial charge in [0.15, 0.2) is 0 Å². The third kappa shape index (κ3) is 7.27. The Balaban J connectivity index is 1.15. The Hall–Kier alpha value is -1.94. The highest BCUT2D eigenvalue weighted by Crippen LogP contribution is 2.30. The highest BCUT2D eigenvalue weighted by Gasteiger charge is 2.29. The summed E-state index contributed by atoms with van der Waals surface area (Å²) in [6, 6.07) is 0.257. The monoisotopic (exact) mass is 483 g/mol. The molecule has 0 saturated heterocycles. The van der Waals surface area contributed by atoms with E-state index in [2.05, 4.69) is 20.3 Å². The van der Waals surface area contributed by atoms with Crippen LogP contribution in [0.1, 0.15) is 59.7 Å². The quantitative estimate of drug-likeness (QED) is 0.616. The molecule has 4 rings (SSSR count). The van der Waals surface area contributed by atoms with Gasteiger partial charge in [0.05, 0.1) is 23.3 Å². The van der Waals surface area contributed by atoms with Crippen LogP contribution in [0.5, 0.6) is 0 Å². The summed E-state index contributed by atoms with van der Waals surface area (Å²) in [6.45, 7) is 2.70. The Morgan fingerprint density at radius 3 is 2.76 bits per heavy atom. The summed E-state index contributed by atoms with van der Waals surface area (Å²) in [5.74, 6) is 0.726. The van der Waals surface area contributed by atoms with Crippen molar-refractivity contribution in [1.29, 1.82) is 0 Å². The summed E-state index contributed by atoms with van der Waals surface area (Å²) in [4.78, 5) is 20.3. The van der Waals surface area contributed by atoms with Crippen molar-refractivity contribution in [2.45, 2.75) is 76.6 Å². The van der Waals surface area contributed by atoms with Crippen LogP contribution in [0.3, 0.4) is 0 Å². The van der Waals surface area contributed by atoms with E-state index in [9.17, 15) is 18.0 Å². The van der Waals surface area contributed by atoms with E-state index in [0.717, 1.165) is 74.3 Å². The van der Waals surface area contributed by atoms with Crippen molar-refractivity contribution in [3.05, 3.63) is 33.5 Å². The van der Waals surface area contributed by atoms with Crippen molar-refractivity contribution in [3.8, 4) is 0 Å². The van der Waals surface area contributed by atoms with E-state index in [1.165, 1.54) is 11.3 Å². The Morgan fingerprint density at radius 1 is 1.27 bits per heavy atom. The minimum absolute atomic E-state index is 0.0107. The molecule has 3 heterocycles.